The van der Waals surface area contributed by atoms with Crippen molar-refractivity contribution < 1.29 is 4.79 Å². The summed E-state index contributed by atoms with van der Waals surface area (Å²) in [4.78, 5) is 29.1. The molecule has 2 amide bonds. The normalized spacial score (nSPS) is 15.7. The maximum atomic E-state index is 12.7. The van der Waals surface area contributed by atoms with Crippen LogP contribution in [-0.2, 0) is 19.5 Å². The maximum absolute atomic E-state index is 12.7. The van der Waals surface area contributed by atoms with Crippen LogP contribution in [0.3, 0.4) is 0 Å². The zero-order valence-corrected chi connectivity index (χ0v) is 18.2. The molecule has 32 heavy (non-hydrogen) atoms. The van der Waals surface area contributed by atoms with Crippen molar-refractivity contribution in [2.45, 2.75) is 25.9 Å². The summed E-state index contributed by atoms with van der Waals surface area (Å²) in [5.74, 6) is 1.78. The van der Waals surface area contributed by atoms with Gasteiger partial charge in [0.2, 0.25) is 0 Å². The van der Waals surface area contributed by atoms with Gasteiger partial charge in [0.25, 0.3) is 5.56 Å². The Morgan fingerprint density at radius 2 is 1.84 bits per heavy atom. The highest BCUT2D eigenvalue weighted by Gasteiger charge is 2.25. The monoisotopic (exact) mass is 454 g/mol. The van der Waals surface area contributed by atoms with E-state index in [4.69, 9.17) is 11.6 Å². The van der Waals surface area contributed by atoms with E-state index >= 15 is 0 Å². The summed E-state index contributed by atoms with van der Waals surface area (Å²) in [7, 11) is 0. The molecule has 1 saturated heterocycles. The number of rotatable bonds is 4. The fourth-order valence-electron chi connectivity index (χ4n) is 4.16. The molecule has 0 bridgehead atoms. The minimum absolute atomic E-state index is 0.127. The van der Waals surface area contributed by atoms with Gasteiger partial charge in [-0.05, 0) is 18.6 Å². The number of benzene rings is 1. The molecule has 0 atom stereocenters. The van der Waals surface area contributed by atoms with E-state index in [-0.39, 0.29) is 16.6 Å². The van der Waals surface area contributed by atoms with Gasteiger partial charge in [-0.1, -0.05) is 29.8 Å². The van der Waals surface area contributed by atoms with Crippen LogP contribution < -0.4 is 15.8 Å². The summed E-state index contributed by atoms with van der Waals surface area (Å²) < 4.78 is 3.36. The Bertz CT molecular complexity index is 1180. The lowest BCUT2D eigenvalue weighted by atomic mass is 10.3. The number of carbonyl (C=O) groups is 1. The van der Waals surface area contributed by atoms with E-state index in [9.17, 15) is 9.59 Å². The quantitative estimate of drug-likeness (QED) is 0.640. The van der Waals surface area contributed by atoms with Gasteiger partial charge in [0.05, 0.1) is 24.1 Å². The van der Waals surface area contributed by atoms with Crippen molar-refractivity contribution in [3.8, 4) is 5.69 Å². The van der Waals surface area contributed by atoms with Gasteiger partial charge < -0.3 is 19.7 Å². The zero-order chi connectivity index (χ0) is 22.1. The second-order valence-electron chi connectivity index (χ2n) is 7.82. The molecule has 1 aromatic carbocycles. The predicted molar refractivity (Wildman–Crippen MR) is 119 cm³/mol. The van der Waals surface area contributed by atoms with Gasteiger partial charge in [-0.2, -0.15) is 9.78 Å². The minimum Gasteiger partial charge on any atom is -0.365 e. The third-order valence-electron chi connectivity index (χ3n) is 5.89. The highest BCUT2D eigenvalue weighted by Crippen LogP contribution is 2.23. The Hall–Kier alpha value is -3.40. The molecule has 2 aliphatic heterocycles. The number of fused-ring (bicyclic) bond motifs is 1. The molecule has 2 aliphatic rings. The molecule has 4 heterocycles. The molecule has 0 saturated carbocycles. The SMILES string of the molecule is O=C(NCc1nnc2n1CCC2)N1CCN(c2cnn(-c3ccccc3)c(=O)c2Cl)CC1. The first-order valence-corrected chi connectivity index (χ1v) is 11.0. The summed E-state index contributed by atoms with van der Waals surface area (Å²) in [6.07, 6.45) is 3.62. The van der Waals surface area contributed by atoms with Gasteiger partial charge in [-0.15, -0.1) is 10.2 Å². The van der Waals surface area contributed by atoms with E-state index in [0.717, 1.165) is 31.0 Å². The van der Waals surface area contributed by atoms with Crippen molar-refractivity contribution >= 4 is 23.3 Å². The molecule has 3 aromatic rings. The molecule has 0 unspecified atom stereocenters. The number of amides is 2. The standard InChI is InChI=1S/C21H23ClN8O2/c22-19-16(13-24-30(20(19)31)15-5-2-1-3-6-15)27-9-11-28(12-10-27)21(32)23-14-18-26-25-17-7-4-8-29(17)18/h1-3,5-6,13H,4,7-12,14H2,(H,23,32). The van der Waals surface area contributed by atoms with Crippen LogP contribution in [0.1, 0.15) is 18.1 Å². The van der Waals surface area contributed by atoms with E-state index in [2.05, 4.69) is 25.2 Å². The average molecular weight is 455 g/mol. The molecule has 0 radical (unpaired) electrons. The number of nitrogens with zero attached hydrogens (tertiary/aromatic N) is 7. The first-order valence-electron chi connectivity index (χ1n) is 10.6. The number of halogens is 1. The van der Waals surface area contributed by atoms with Gasteiger partial charge >= 0.3 is 6.03 Å². The fourth-order valence-corrected chi connectivity index (χ4v) is 4.40. The van der Waals surface area contributed by atoms with Crippen LogP contribution in [0.25, 0.3) is 5.69 Å². The second kappa shape index (κ2) is 8.62. The topological polar surface area (TPSA) is 101 Å². The van der Waals surface area contributed by atoms with E-state index in [1.807, 2.05) is 23.1 Å². The summed E-state index contributed by atoms with van der Waals surface area (Å²) in [6, 6.07) is 9.02. The number of hydrogen-bond acceptors (Lipinski definition) is 6. The minimum atomic E-state index is -0.364. The highest BCUT2D eigenvalue weighted by molar-refractivity contribution is 6.33. The second-order valence-corrected chi connectivity index (χ2v) is 8.19. The summed E-state index contributed by atoms with van der Waals surface area (Å²) in [5, 5.41) is 15.7. The molecule has 11 heteroatoms. The number of para-hydroxylation sites is 1. The number of hydrogen-bond donors (Lipinski definition) is 1. The Balaban J connectivity index is 1.20. The highest BCUT2D eigenvalue weighted by atomic mass is 35.5. The van der Waals surface area contributed by atoms with Crippen LogP contribution in [0.5, 0.6) is 0 Å². The number of aromatic nitrogens is 5. The first-order chi connectivity index (χ1) is 15.6. The van der Waals surface area contributed by atoms with Crippen LogP contribution in [-0.4, -0.2) is 61.7 Å². The third kappa shape index (κ3) is 3.81. The Morgan fingerprint density at radius 3 is 2.62 bits per heavy atom. The van der Waals surface area contributed by atoms with E-state index in [1.54, 1.807) is 23.2 Å². The van der Waals surface area contributed by atoms with Gasteiger partial charge in [0.1, 0.15) is 10.8 Å². The Morgan fingerprint density at radius 1 is 1.06 bits per heavy atom. The predicted octanol–water partition coefficient (Wildman–Crippen LogP) is 1.46. The number of urea groups is 1. The lowest BCUT2D eigenvalue weighted by Crippen LogP contribution is -2.52. The molecule has 1 N–H and O–H groups in total. The van der Waals surface area contributed by atoms with Crippen molar-refractivity contribution in [1.82, 2.24) is 34.8 Å². The number of aryl methyl sites for hydroxylation is 1. The van der Waals surface area contributed by atoms with Gasteiger partial charge in [-0.3, -0.25) is 4.79 Å². The zero-order valence-electron chi connectivity index (χ0n) is 17.4. The number of piperazine rings is 1. The van der Waals surface area contributed by atoms with Crippen molar-refractivity contribution in [3.63, 3.8) is 0 Å². The van der Waals surface area contributed by atoms with Crippen molar-refractivity contribution in [3.05, 3.63) is 63.6 Å². The summed E-state index contributed by atoms with van der Waals surface area (Å²) >= 11 is 6.41. The smallest absolute Gasteiger partial charge is 0.317 e. The summed E-state index contributed by atoms with van der Waals surface area (Å²) in [5.41, 5.74) is 0.880. The lowest BCUT2D eigenvalue weighted by Gasteiger charge is -2.36. The number of anilines is 1. The third-order valence-corrected chi connectivity index (χ3v) is 6.25. The molecule has 10 nitrogen and oxygen atoms in total. The Kier molecular flexibility index (Phi) is 5.52. The van der Waals surface area contributed by atoms with Gasteiger partial charge in [0, 0.05) is 39.1 Å². The molecule has 0 spiro atoms. The Labute approximate surface area is 189 Å². The van der Waals surface area contributed by atoms with Gasteiger partial charge in [-0.25, -0.2) is 4.79 Å². The van der Waals surface area contributed by atoms with E-state index < -0.39 is 0 Å². The van der Waals surface area contributed by atoms with Crippen LogP contribution in [0, 0.1) is 0 Å². The maximum Gasteiger partial charge on any atom is 0.317 e. The van der Waals surface area contributed by atoms with Crippen LogP contribution in [0.2, 0.25) is 5.02 Å². The molecule has 0 aliphatic carbocycles. The van der Waals surface area contributed by atoms with Crippen LogP contribution >= 0.6 is 11.6 Å². The van der Waals surface area contributed by atoms with Gasteiger partial charge in [0.15, 0.2) is 5.82 Å². The van der Waals surface area contributed by atoms with E-state index in [1.165, 1.54) is 4.68 Å². The molecule has 2 aromatic heterocycles. The summed E-state index contributed by atoms with van der Waals surface area (Å²) in [6.45, 7) is 3.42. The fraction of sp³-hybridized carbons (Fsp3) is 0.381. The average Bonchev–Trinajstić information content (AvgIpc) is 3.44. The number of nitrogens with one attached hydrogen (secondary N) is 1. The van der Waals surface area contributed by atoms with Crippen LogP contribution in [0.15, 0.2) is 41.3 Å². The van der Waals surface area contributed by atoms with E-state index in [0.29, 0.717) is 44.1 Å². The molecular weight excluding hydrogens is 432 g/mol. The first kappa shape index (κ1) is 20.5. The molecular formula is C21H23ClN8O2. The largest absolute Gasteiger partial charge is 0.365 e. The lowest BCUT2D eigenvalue weighted by molar-refractivity contribution is 0.193. The molecule has 5 rings (SSSR count). The number of carbonyl (C=O) groups excluding carboxylic acids is 1. The molecule has 166 valence electrons. The van der Waals surface area contributed by atoms with Crippen molar-refractivity contribution in [2.75, 3.05) is 31.1 Å². The van der Waals surface area contributed by atoms with Crippen molar-refractivity contribution in [1.29, 1.82) is 0 Å². The van der Waals surface area contributed by atoms with Crippen LogP contribution in [0.4, 0.5) is 10.5 Å². The van der Waals surface area contributed by atoms with Crippen molar-refractivity contribution in [2.24, 2.45) is 0 Å². The molecule has 1 fully saturated rings.